The summed E-state index contributed by atoms with van der Waals surface area (Å²) in [5, 5.41) is 21.4. The van der Waals surface area contributed by atoms with E-state index in [0.717, 1.165) is 5.56 Å². The quantitative estimate of drug-likeness (QED) is 0.273. The van der Waals surface area contributed by atoms with Gasteiger partial charge in [-0.25, -0.2) is 4.85 Å². The number of rotatable bonds is 7. The van der Waals surface area contributed by atoms with Crippen LogP contribution in [0.3, 0.4) is 0 Å². The van der Waals surface area contributed by atoms with Gasteiger partial charge in [0.2, 0.25) is 17.5 Å². The molecule has 0 bridgehead atoms. The molecule has 1 aromatic heterocycles. The molecule has 0 radical (unpaired) electrons. The Hall–Kier alpha value is -3.17. The summed E-state index contributed by atoms with van der Waals surface area (Å²) in [5.74, 6) is 0.725. The molecule has 0 aliphatic carbocycles. The molecule has 1 unspecified atom stereocenters. The van der Waals surface area contributed by atoms with Crippen molar-refractivity contribution in [2.75, 3.05) is 5.32 Å². The van der Waals surface area contributed by atoms with E-state index >= 15 is 0 Å². The summed E-state index contributed by atoms with van der Waals surface area (Å²) in [6.45, 7) is 20.2. The molecule has 176 valence electrons. The fourth-order valence-corrected chi connectivity index (χ4v) is 4.76. The zero-order valence-electron chi connectivity index (χ0n) is 20.2. The summed E-state index contributed by atoms with van der Waals surface area (Å²) in [6.07, 6.45) is -0.297. The van der Waals surface area contributed by atoms with E-state index in [4.69, 9.17) is 32.3 Å². The molecule has 34 heavy (non-hydrogen) atoms. The molecule has 7 nitrogen and oxygen atoms in total. The van der Waals surface area contributed by atoms with Crippen molar-refractivity contribution in [3.05, 3.63) is 70.4 Å². The smallest absolute Gasteiger partial charge is 0.247 e. The monoisotopic (exact) mass is 493 g/mol. The van der Waals surface area contributed by atoms with Gasteiger partial charge in [-0.3, -0.25) is 0 Å². The molecule has 0 saturated carbocycles. The highest BCUT2D eigenvalue weighted by Crippen LogP contribution is 2.39. The Morgan fingerprint density at radius 3 is 2.41 bits per heavy atom. The first-order valence-electron chi connectivity index (χ1n) is 10.9. The Balaban J connectivity index is 1.96. The van der Waals surface area contributed by atoms with Crippen LogP contribution in [0.1, 0.15) is 45.2 Å². The molecule has 2 atom stereocenters. The second-order valence-electron chi connectivity index (χ2n) is 9.62. The first-order chi connectivity index (χ1) is 15.9. The van der Waals surface area contributed by atoms with Crippen LogP contribution in [0.15, 0.2) is 46.9 Å². The topological polar surface area (TPSA) is 88.3 Å². The molecule has 0 amide bonds. The number of halogens is 1. The van der Waals surface area contributed by atoms with Gasteiger partial charge in [0.1, 0.15) is 6.04 Å². The summed E-state index contributed by atoms with van der Waals surface area (Å²) < 4.78 is 12.7. The van der Waals surface area contributed by atoms with Gasteiger partial charge in [0.05, 0.1) is 24.3 Å². The Labute approximate surface area is 206 Å². The molecule has 0 spiro atoms. The fraction of sp³-hybridized carbons (Fsp3) is 0.360. The molecule has 0 saturated heterocycles. The number of hydrogen-bond donors (Lipinski definition) is 1. The number of hydrogen-bond acceptors (Lipinski definition) is 6. The van der Waals surface area contributed by atoms with E-state index < -0.39 is 14.4 Å². The van der Waals surface area contributed by atoms with Crippen molar-refractivity contribution in [1.29, 1.82) is 5.26 Å². The maximum absolute atomic E-state index is 9.03. The van der Waals surface area contributed by atoms with Crippen LogP contribution in [0.5, 0.6) is 0 Å². The number of nitrogens with one attached hydrogen (secondary N) is 1. The molecule has 0 aliphatic heterocycles. The Morgan fingerprint density at radius 1 is 1.18 bits per heavy atom. The minimum Gasteiger partial charge on any atom is -0.418 e. The minimum atomic E-state index is -2.10. The molecule has 0 aliphatic rings. The van der Waals surface area contributed by atoms with Crippen LogP contribution in [0.4, 0.5) is 11.4 Å². The van der Waals surface area contributed by atoms with Gasteiger partial charge in [-0.1, -0.05) is 38.4 Å². The second-order valence-corrected chi connectivity index (χ2v) is 14.8. The van der Waals surface area contributed by atoms with Crippen molar-refractivity contribution in [3.63, 3.8) is 0 Å². The van der Waals surface area contributed by atoms with Crippen LogP contribution < -0.4 is 5.32 Å². The fourth-order valence-electron chi connectivity index (χ4n) is 3.12. The Kier molecular flexibility index (Phi) is 7.47. The number of anilines is 1. The maximum atomic E-state index is 9.03. The average Bonchev–Trinajstić information content (AvgIpc) is 3.26. The van der Waals surface area contributed by atoms with Gasteiger partial charge in [-0.05, 0) is 61.5 Å². The highest BCUT2D eigenvalue weighted by Gasteiger charge is 2.41. The average molecular weight is 494 g/mol. The van der Waals surface area contributed by atoms with E-state index in [1.54, 1.807) is 42.5 Å². The third-order valence-electron chi connectivity index (χ3n) is 6.11. The van der Waals surface area contributed by atoms with Crippen LogP contribution in [-0.2, 0) is 4.43 Å². The van der Waals surface area contributed by atoms with Gasteiger partial charge in [0.15, 0.2) is 8.32 Å². The lowest BCUT2D eigenvalue weighted by atomic mass is 10.1. The number of nitrogens with zero attached hydrogens (tertiary/aromatic N) is 4. The van der Waals surface area contributed by atoms with Crippen molar-refractivity contribution < 1.29 is 8.84 Å². The molecule has 3 aromatic rings. The molecule has 2 aromatic carbocycles. The summed E-state index contributed by atoms with van der Waals surface area (Å²) in [6, 6.07) is 13.8. The lowest BCUT2D eigenvalue weighted by Crippen LogP contribution is -2.45. The molecular formula is C25H28ClN5O2Si. The van der Waals surface area contributed by atoms with Crippen LogP contribution in [0, 0.1) is 17.9 Å². The van der Waals surface area contributed by atoms with E-state index in [9.17, 15) is 0 Å². The van der Waals surface area contributed by atoms with Gasteiger partial charge in [-0.2, -0.15) is 5.26 Å². The van der Waals surface area contributed by atoms with Crippen molar-refractivity contribution in [2.45, 2.75) is 58.0 Å². The normalized spacial score (nSPS) is 13.6. The SMILES string of the molecule is [C-]#[N+]c1ccc(N[C@@H](c2nnc(-c3ccc(C#N)cc3)o2)C(C)O[Si](C)(C)C(C)(C)C)cc1Cl. The van der Waals surface area contributed by atoms with Crippen LogP contribution in [0.2, 0.25) is 23.2 Å². The highest BCUT2D eigenvalue weighted by molar-refractivity contribution is 6.74. The van der Waals surface area contributed by atoms with E-state index in [1.807, 2.05) is 6.92 Å². The van der Waals surface area contributed by atoms with Gasteiger partial charge >= 0.3 is 0 Å². The van der Waals surface area contributed by atoms with E-state index in [0.29, 0.717) is 33.7 Å². The number of nitriles is 1. The van der Waals surface area contributed by atoms with Gasteiger partial charge in [-0.15, -0.1) is 10.2 Å². The summed E-state index contributed by atoms with van der Waals surface area (Å²) in [7, 11) is -2.10. The standard InChI is InChI=1S/C25H28ClN5O2Si/c1-16(33-34(6,7)25(2,3)4)22(29-19-12-13-21(28-5)20(26)14-19)24-31-30-23(32-24)18-10-8-17(15-27)9-11-18/h8-14,16,22,29H,1-4,6-7H3/t16?,22-/m1/s1. The van der Waals surface area contributed by atoms with E-state index in [-0.39, 0.29) is 11.1 Å². The first kappa shape index (κ1) is 25.4. The van der Waals surface area contributed by atoms with Gasteiger partial charge in [0, 0.05) is 16.3 Å². The second kappa shape index (κ2) is 9.98. The van der Waals surface area contributed by atoms with Crippen LogP contribution in [0.25, 0.3) is 16.3 Å². The lowest BCUT2D eigenvalue weighted by Gasteiger charge is -2.40. The molecule has 1 N–H and O–H groups in total. The molecule has 3 rings (SSSR count). The lowest BCUT2D eigenvalue weighted by molar-refractivity contribution is 0.166. The Morgan fingerprint density at radius 2 is 1.85 bits per heavy atom. The Bertz CT molecular complexity index is 1240. The third-order valence-corrected chi connectivity index (χ3v) is 11.0. The van der Waals surface area contributed by atoms with Crippen molar-refractivity contribution in [1.82, 2.24) is 10.2 Å². The summed E-state index contributed by atoms with van der Waals surface area (Å²) >= 11 is 6.26. The molecule has 1 heterocycles. The van der Waals surface area contributed by atoms with Crippen molar-refractivity contribution >= 4 is 31.3 Å². The molecule has 0 fully saturated rings. The first-order valence-corrected chi connectivity index (χ1v) is 14.2. The summed E-state index contributed by atoms with van der Waals surface area (Å²) in [4.78, 5) is 3.42. The van der Waals surface area contributed by atoms with Crippen LogP contribution >= 0.6 is 11.6 Å². The van der Waals surface area contributed by atoms with Crippen LogP contribution in [-0.4, -0.2) is 24.6 Å². The van der Waals surface area contributed by atoms with E-state index in [1.165, 1.54) is 0 Å². The highest BCUT2D eigenvalue weighted by atomic mass is 35.5. The van der Waals surface area contributed by atoms with Gasteiger partial charge < -0.3 is 14.2 Å². The predicted molar refractivity (Wildman–Crippen MR) is 136 cm³/mol. The molecule has 9 heteroatoms. The zero-order chi connectivity index (χ0) is 25.1. The number of aromatic nitrogens is 2. The van der Waals surface area contributed by atoms with E-state index in [2.05, 4.69) is 60.3 Å². The maximum Gasteiger partial charge on any atom is 0.247 e. The van der Waals surface area contributed by atoms with Crippen molar-refractivity contribution in [2.24, 2.45) is 0 Å². The molecular weight excluding hydrogens is 466 g/mol. The van der Waals surface area contributed by atoms with Gasteiger partial charge in [0.25, 0.3) is 0 Å². The van der Waals surface area contributed by atoms with Crippen molar-refractivity contribution in [3.8, 4) is 17.5 Å². The summed E-state index contributed by atoms with van der Waals surface area (Å²) in [5.41, 5.74) is 2.37. The third kappa shape index (κ3) is 5.66. The number of benzene rings is 2. The zero-order valence-corrected chi connectivity index (χ0v) is 21.9. The largest absolute Gasteiger partial charge is 0.418 e. The minimum absolute atomic E-state index is 0.0227. The predicted octanol–water partition coefficient (Wildman–Crippen LogP) is 7.38.